The lowest BCUT2D eigenvalue weighted by Gasteiger charge is -2.12. The van der Waals surface area contributed by atoms with Crippen LogP contribution in [0.15, 0.2) is 47.6 Å². The molecular formula is C19H22N6O4S. The predicted octanol–water partition coefficient (Wildman–Crippen LogP) is 1.52. The monoisotopic (exact) mass is 430 g/mol. The molecule has 2 aromatic heterocycles. The molecule has 0 atom stereocenters. The van der Waals surface area contributed by atoms with E-state index in [-0.39, 0.29) is 11.4 Å². The highest BCUT2D eigenvalue weighted by Gasteiger charge is 2.18. The Labute approximate surface area is 174 Å². The van der Waals surface area contributed by atoms with Crippen LogP contribution in [0.3, 0.4) is 0 Å². The molecule has 4 rings (SSSR count). The molecule has 0 spiro atoms. The molecule has 3 heterocycles. The van der Waals surface area contributed by atoms with Gasteiger partial charge in [-0.25, -0.2) is 27.8 Å². The molecule has 0 amide bonds. The minimum Gasteiger partial charge on any atom is -0.490 e. The molecule has 0 unspecified atom stereocenters. The average molecular weight is 430 g/mol. The third kappa shape index (κ3) is 4.69. The summed E-state index contributed by atoms with van der Waals surface area (Å²) < 4.78 is 40.5. The zero-order valence-corrected chi connectivity index (χ0v) is 17.2. The first kappa shape index (κ1) is 20.1. The van der Waals surface area contributed by atoms with Gasteiger partial charge < -0.3 is 14.8 Å². The fourth-order valence-corrected chi connectivity index (χ4v) is 3.98. The summed E-state index contributed by atoms with van der Waals surface area (Å²) in [6.07, 6.45) is 4.21. The van der Waals surface area contributed by atoms with E-state index in [9.17, 15) is 8.42 Å². The number of nitrogens with zero attached hydrogens (tertiary/aromatic N) is 4. The molecule has 1 aliphatic rings. The summed E-state index contributed by atoms with van der Waals surface area (Å²) in [4.78, 5) is 8.79. The number of hydrogen-bond acceptors (Lipinski definition) is 8. The molecule has 0 fully saturated rings. The Morgan fingerprint density at radius 2 is 1.93 bits per heavy atom. The highest BCUT2D eigenvalue weighted by atomic mass is 32.2. The molecule has 158 valence electrons. The van der Waals surface area contributed by atoms with Crippen LogP contribution in [0.25, 0.3) is 5.82 Å². The summed E-state index contributed by atoms with van der Waals surface area (Å²) >= 11 is 0. The highest BCUT2D eigenvalue weighted by Crippen LogP contribution is 2.31. The van der Waals surface area contributed by atoms with Gasteiger partial charge in [0.15, 0.2) is 17.3 Å². The molecular weight excluding hydrogens is 408 g/mol. The van der Waals surface area contributed by atoms with Crippen molar-refractivity contribution in [3.63, 3.8) is 0 Å². The Hall–Kier alpha value is -3.18. The van der Waals surface area contributed by atoms with Gasteiger partial charge in [0.2, 0.25) is 10.0 Å². The number of rotatable bonds is 7. The van der Waals surface area contributed by atoms with Crippen molar-refractivity contribution >= 4 is 15.8 Å². The Bertz CT molecular complexity index is 1120. The number of aromatic nitrogens is 4. The lowest BCUT2D eigenvalue weighted by Crippen LogP contribution is -2.29. The maximum atomic E-state index is 12.6. The van der Waals surface area contributed by atoms with Gasteiger partial charge in [-0.3, -0.25) is 0 Å². The number of fused-ring (bicyclic) bond motifs is 1. The van der Waals surface area contributed by atoms with Crippen LogP contribution in [0.2, 0.25) is 0 Å². The lowest BCUT2D eigenvalue weighted by atomic mass is 10.3. The lowest BCUT2D eigenvalue weighted by molar-refractivity contribution is 0.297. The normalized spacial score (nSPS) is 13.6. The first-order chi connectivity index (χ1) is 14.5. The van der Waals surface area contributed by atoms with E-state index >= 15 is 0 Å². The molecule has 0 saturated heterocycles. The summed E-state index contributed by atoms with van der Waals surface area (Å²) in [7, 11) is -3.68. The van der Waals surface area contributed by atoms with Crippen LogP contribution in [0.4, 0.5) is 5.82 Å². The molecule has 10 nitrogen and oxygen atoms in total. The number of ether oxygens (including phenoxy) is 2. The summed E-state index contributed by atoms with van der Waals surface area (Å²) in [6.45, 7) is 3.35. The van der Waals surface area contributed by atoms with E-state index in [1.807, 2.05) is 0 Å². The van der Waals surface area contributed by atoms with E-state index < -0.39 is 10.0 Å². The third-order valence-corrected chi connectivity index (χ3v) is 5.77. The van der Waals surface area contributed by atoms with Crippen LogP contribution in [0, 0.1) is 6.92 Å². The summed E-state index contributed by atoms with van der Waals surface area (Å²) in [5.41, 5.74) is 0. The van der Waals surface area contributed by atoms with Crippen molar-refractivity contribution in [2.24, 2.45) is 0 Å². The van der Waals surface area contributed by atoms with Gasteiger partial charge >= 0.3 is 0 Å². The topological polar surface area (TPSA) is 120 Å². The van der Waals surface area contributed by atoms with Gasteiger partial charge in [-0.05, 0) is 25.1 Å². The molecule has 0 saturated carbocycles. The number of hydrogen-bond donors (Lipinski definition) is 2. The van der Waals surface area contributed by atoms with Crippen LogP contribution in [0.5, 0.6) is 11.5 Å². The standard InChI is InChI=1S/C19H22N6O4S/c1-14-23-18(13-19(24-14)25-9-2-6-21-25)20-7-8-22-30(26,27)15-4-5-16-17(12-15)29-11-3-10-28-16/h2,4-6,9,12-13,22H,3,7-8,10-11H2,1H3,(H,20,23,24). The quantitative estimate of drug-likeness (QED) is 0.542. The molecule has 0 aliphatic carbocycles. The maximum Gasteiger partial charge on any atom is 0.240 e. The van der Waals surface area contributed by atoms with Gasteiger partial charge in [0.25, 0.3) is 0 Å². The first-order valence-electron chi connectivity index (χ1n) is 9.50. The average Bonchev–Trinajstić information content (AvgIpc) is 3.16. The molecule has 2 N–H and O–H groups in total. The summed E-state index contributed by atoms with van der Waals surface area (Å²) in [5, 5.41) is 7.26. The smallest absolute Gasteiger partial charge is 0.240 e. The van der Waals surface area contributed by atoms with E-state index in [0.717, 1.165) is 6.42 Å². The van der Waals surface area contributed by atoms with Gasteiger partial charge in [0.05, 0.1) is 18.1 Å². The molecule has 3 aromatic rings. The molecule has 1 aromatic carbocycles. The second-order valence-corrected chi connectivity index (χ2v) is 8.36. The van der Waals surface area contributed by atoms with Crippen molar-refractivity contribution in [3.8, 4) is 17.3 Å². The largest absolute Gasteiger partial charge is 0.490 e. The number of anilines is 1. The molecule has 30 heavy (non-hydrogen) atoms. The molecule has 0 bridgehead atoms. The van der Waals surface area contributed by atoms with Gasteiger partial charge in [0.1, 0.15) is 11.6 Å². The SMILES string of the molecule is Cc1nc(NCCNS(=O)(=O)c2ccc3c(c2)OCCCO3)cc(-n2cccn2)n1. The zero-order valence-electron chi connectivity index (χ0n) is 16.4. The van der Waals surface area contributed by atoms with Crippen LogP contribution >= 0.6 is 0 Å². The van der Waals surface area contributed by atoms with Gasteiger partial charge in [-0.1, -0.05) is 0 Å². The number of aryl methyl sites for hydroxylation is 1. The molecule has 0 radical (unpaired) electrons. The van der Waals surface area contributed by atoms with Gasteiger partial charge in [-0.15, -0.1) is 0 Å². The Morgan fingerprint density at radius 1 is 1.10 bits per heavy atom. The minimum atomic E-state index is -3.68. The Kier molecular flexibility index (Phi) is 5.81. The second-order valence-electron chi connectivity index (χ2n) is 6.59. The van der Waals surface area contributed by atoms with E-state index in [4.69, 9.17) is 9.47 Å². The van der Waals surface area contributed by atoms with Crippen molar-refractivity contribution in [2.45, 2.75) is 18.2 Å². The number of nitrogens with one attached hydrogen (secondary N) is 2. The van der Waals surface area contributed by atoms with Crippen molar-refractivity contribution in [2.75, 3.05) is 31.6 Å². The predicted molar refractivity (Wildman–Crippen MR) is 110 cm³/mol. The van der Waals surface area contributed by atoms with E-state index in [2.05, 4.69) is 25.1 Å². The van der Waals surface area contributed by atoms with Crippen molar-refractivity contribution in [3.05, 3.63) is 48.5 Å². The summed E-state index contributed by atoms with van der Waals surface area (Å²) in [5.74, 6) is 2.79. The maximum absolute atomic E-state index is 12.6. The second kappa shape index (κ2) is 8.67. The van der Waals surface area contributed by atoms with Crippen LogP contribution in [-0.2, 0) is 10.0 Å². The van der Waals surface area contributed by atoms with E-state index in [1.165, 1.54) is 12.1 Å². The van der Waals surface area contributed by atoms with Crippen molar-refractivity contribution in [1.82, 2.24) is 24.5 Å². The van der Waals surface area contributed by atoms with Crippen LogP contribution < -0.4 is 19.5 Å². The zero-order chi connectivity index (χ0) is 21.0. The van der Waals surface area contributed by atoms with Gasteiger partial charge in [-0.2, -0.15) is 5.10 Å². The highest BCUT2D eigenvalue weighted by molar-refractivity contribution is 7.89. The van der Waals surface area contributed by atoms with Gasteiger partial charge in [0, 0.05) is 44.0 Å². The van der Waals surface area contributed by atoms with Crippen LogP contribution in [0.1, 0.15) is 12.2 Å². The fourth-order valence-electron chi connectivity index (χ4n) is 2.93. The molecule has 11 heteroatoms. The Morgan fingerprint density at radius 3 is 2.73 bits per heavy atom. The summed E-state index contributed by atoms with van der Waals surface area (Å²) in [6, 6.07) is 8.17. The fraction of sp³-hybridized carbons (Fsp3) is 0.316. The number of sulfonamides is 1. The van der Waals surface area contributed by atoms with Crippen LogP contribution in [-0.4, -0.2) is 54.5 Å². The van der Waals surface area contributed by atoms with E-state index in [0.29, 0.717) is 48.7 Å². The third-order valence-electron chi connectivity index (χ3n) is 4.32. The number of benzene rings is 1. The molecule has 1 aliphatic heterocycles. The van der Waals surface area contributed by atoms with E-state index in [1.54, 1.807) is 42.2 Å². The first-order valence-corrected chi connectivity index (χ1v) is 11.0. The minimum absolute atomic E-state index is 0.130. The Balaban J connectivity index is 1.37. The van der Waals surface area contributed by atoms with Crippen molar-refractivity contribution < 1.29 is 17.9 Å². The van der Waals surface area contributed by atoms with Crippen molar-refractivity contribution in [1.29, 1.82) is 0 Å².